The highest BCUT2D eigenvalue weighted by Gasteiger charge is 2.21. The second-order valence-electron chi connectivity index (χ2n) is 8.92. The second-order valence-corrected chi connectivity index (χ2v) is 9.35. The molecule has 1 aliphatic heterocycles. The molecule has 7 nitrogen and oxygen atoms in total. The zero-order valence-corrected chi connectivity index (χ0v) is 21.3. The quantitative estimate of drug-likeness (QED) is 0.383. The van der Waals surface area contributed by atoms with Crippen molar-refractivity contribution >= 4 is 34.1 Å². The number of anilines is 1. The number of fused-ring (bicyclic) bond motifs is 1. The summed E-state index contributed by atoms with van der Waals surface area (Å²) in [6, 6.07) is 13.9. The standard InChI is InChI=1S/C28H25ClF2N4O3/c1-38-20-5-3-19(4-6-20)35-16-22(28(37)33-15-17-12-18(29)2-7-23(17)30)27(36)21-13-24(31)26(14-25(21)35)34-10-8-32-9-11-34/h2-7,12-14,16,32H,8-11,15H2,1H3,(H,33,37). The van der Waals surface area contributed by atoms with Gasteiger partial charge in [0.15, 0.2) is 0 Å². The number of carbonyl (C=O) groups is 1. The van der Waals surface area contributed by atoms with Crippen LogP contribution in [0.3, 0.4) is 0 Å². The molecule has 1 aliphatic rings. The number of hydrogen-bond donors (Lipinski definition) is 2. The summed E-state index contributed by atoms with van der Waals surface area (Å²) in [5, 5.41) is 6.20. The fraction of sp³-hybridized carbons (Fsp3) is 0.214. The monoisotopic (exact) mass is 538 g/mol. The number of hydrogen-bond acceptors (Lipinski definition) is 5. The van der Waals surface area contributed by atoms with E-state index in [1.165, 1.54) is 30.5 Å². The number of carbonyl (C=O) groups excluding carboxylic acids is 1. The molecule has 0 bridgehead atoms. The highest BCUT2D eigenvalue weighted by Crippen LogP contribution is 2.28. The fourth-order valence-electron chi connectivity index (χ4n) is 4.55. The molecule has 1 amide bonds. The summed E-state index contributed by atoms with van der Waals surface area (Å²) >= 11 is 5.95. The Morgan fingerprint density at radius 1 is 1.05 bits per heavy atom. The molecule has 0 spiro atoms. The number of piperazine rings is 1. The summed E-state index contributed by atoms with van der Waals surface area (Å²) in [5.41, 5.74) is 0.823. The number of pyridine rings is 1. The maximum atomic E-state index is 15.3. The molecule has 0 radical (unpaired) electrons. The van der Waals surface area contributed by atoms with E-state index < -0.39 is 23.0 Å². The summed E-state index contributed by atoms with van der Waals surface area (Å²) in [5.74, 6) is -1.17. The van der Waals surface area contributed by atoms with E-state index in [2.05, 4.69) is 10.6 Å². The first-order valence-electron chi connectivity index (χ1n) is 12.1. The Balaban J connectivity index is 1.61. The topological polar surface area (TPSA) is 75.6 Å². The first-order chi connectivity index (χ1) is 18.4. The fourth-order valence-corrected chi connectivity index (χ4v) is 4.74. The number of benzene rings is 3. The van der Waals surface area contributed by atoms with Gasteiger partial charge in [-0.1, -0.05) is 11.6 Å². The van der Waals surface area contributed by atoms with Crippen molar-refractivity contribution in [1.29, 1.82) is 0 Å². The van der Waals surface area contributed by atoms with Crippen molar-refractivity contribution in [2.24, 2.45) is 0 Å². The summed E-state index contributed by atoms with van der Waals surface area (Å²) in [6.45, 7) is 2.50. The molecule has 1 aromatic heterocycles. The first-order valence-corrected chi connectivity index (χ1v) is 12.4. The SMILES string of the molecule is COc1ccc(-n2cc(C(=O)NCc3cc(Cl)ccc3F)c(=O)c3cc(F)c(N4CCNCC4)cc32)cc1. The largest absolute Gasteiger partial charge is 0.497 e. The summed E-state index contributed by atoms with van der Waals surface area (Å²) < 4.78 is 36.4. The van der Waals surface area contributed by atoms with Crippen molar-refractivity contribution < 1.29 is 18.3 Å². The van der Waals surface area contributed by atoms with Crippen LogP contribution in [0.15, 0.2) is 65.6 Å². The van der Waals surface area contributed by atoms with E-state index in [4.69, 9.17) is 16.3 Å². The van der Waals surface area contributed by atoms with Gasteiger partial charge in [-0.25, -0.2) is 8.78 Å². The van der Waals surface area contributed by atoms with Gasteiger partial charge in [-0.2, -0.15) is 0 Å². The van der Waals surface area contributed by atoms with Gasteiger partial charge in [0.25, 0.3) is 5.91 Å². The highest BCUT2D eigenvalue weighted by atomic mass is 35.5. The van der Waals surface area contributed by atoms with E-state index in [0.717, 1.165) is 13.1 Å². The molecule has 10 heteroatoms. The van der Waals surface area contributed by atoms with Gasteiger partial charge < -0.3 is 24.8 Å². The average molecular weight is 539 g/mol. The Bertz CT molecular complexity index is 1570. The van der Waals surface area contributed by atoms with E-state index in [1.807, 2.05) is 4.90 Å². The third kappa shape index (κ3) is 5.07. The molecule has 4 aromatic rings. The summed E-state index contributed by atoms with van der Waals surface area (Å²) in [7, 11) is 1.55. The van der Waals surface area contributed by atoms with Crippen LogP contribution in [0.25, 0.3) is 16.6 Å². The zero-order valence-electron chi connectivity index (χ0n) is 20.6. The van der Waals surface area contributed by atoms with Crippen LogP contribution in [0.2, 0.25) is 5.02 Å². The van der Waals surface area contributed by atoms with Crippen molar-refractivity contribution in [2.45, 2.75) is 6.54 Å². The molecule has 196 valence electrons. The van der Waals surface area contributed by atoms with E-state index in [-0.39, 0.29) is 23.1 Å². The van der Waals surface area contributed by atoms with Crippen LogP contribution >= 0.6 is 11.6 Å². The lowest BCUT2D eigenvalue weighted by Gasteiger charge is -2.30. The lowest BCUT2D eigenvalue weighted by molar-refractivity contribution is 0.0949. The molecule has 0 aliphatic carbocycles. The number of methoxy groups -OCH3 is 1. The maximum Gasteiger partial charge on any atom is 0.257 e. The molecule has 0 unspecified atom stereocenters. The van der Waals surface area contributed by atoms with Gasteiger partial charge in [0.2, 0.25) is 5.43 Å². The minimum absolute atomic E-state index is 0.0544. The minimum atomic E-state index is -0.717. The normalized spacial score (nSPS) is 13.5. The average Bonchev–Trinajstić information content (AvgIpc) is 2.94. The number of ether oxygens (including phenoxy) is 1. The molecule has 1 fully saturated rings. The Kier molecular flexibility index (Phi) is 7.31. The first kappa shape index (κ1) is 25.7. The number of nitrogens with zero attached hydrogens (tertiary/aromatic N) is 2. The van der Waals surface area contributed by atoms with Gasteiger partial charge in [-0.05, 0) is 54.6 Å². The molecule has 38 heavy (non-hydrogen) atoms. The second kappa shape index (κ2) is 10.8. The Morgan fingerprint density at radius 3 is 2.50 bits per heavy atom. The van der Waals surface area contributed by atoms with E-state index in [9.17, 15) is 14.0 Å². The number of halogens is 3. The van der Waals surface area contributed by atoms with Crippen molar-refractivity contribution in [3.63, 3.8) is 0 Å². The van der Waals surface area contributed by atoms with Crippen molar-refractivity contribution in [3.8, 4) is 11.4 Å². The lowest BCUT2D eigenvalue weighted by atomic mass is 10.1. The molecule has 0 atom stereocenters. The Morgan fingerprint density at radius 2 is 1.79 bits per heavy atom. The van der Waals surface area contributed by atoms with Gasteiger partial charge in [0.1, 0.15) is 22.9 Å². The predicted molar refractivity (Wildman–Crippen MR) is 144 cm³/mol. The van der Waals surface area contributed by atoms with Gasteiger partial charge in [0.05, 0.1) is 18.3 Å². The van der Waals surface area contributed by atoms with Crippen LogP contribution in [-0.4, -0.2) is 43.8 Å². The molecule has 3 aromatic carbocycles. The zero-order chi connectivity index (χ0) is 26.8. The molecular formula is C28H25ClF2N4O3. The van der Waals surface area contributed by atoms with Crippen molar-refractivity contribution in [3.05, 3.63) is 98.8 Å². The third-order valence-corrected chi connectivity index (χ3v) is 6.81. The van der Waals surface area contributed by atoms with Crippen LogP contribution in [0.1, 0.15) is 15.9 Å². The molecule has 2 heterocycles. The molecule has 5 rings (SSSR count). The van der Waals surface area contributed by atoms with Gasteiger partial charge in [0, 0.05) is 60.6 Å². The highest BCUT2D eigenvalue weighted by molar-refractivity contribution is 6.30. The molecular weight excluding hydrogens is 514 g/mol. The lowest BCUT2D eigenvalue weighted by Crippen LogP contribution is -2.43. The number of aromatic nitrogens is 1. The van der Waals surface area contributed by atoms with Crippen LogP contribution < -0.4 is 25.7 Å². The van der Waals surface area contributed by atoms with Gasteiger partial charge in [-0.3, -0.25) is 9.59 Å². The molecule has 0 saturated carbocycles. The van der Waals surface area contributed by atoms with Crippen LogP contribution in [-0.2, 0) is 6.54 Å². The smallest absolute Gasteiger partial charge is 0.257 e. The van der Waals surface area contributed by atoms with Crippen LogP contribution in [0.5, 0.6) is 5.75 Å². The summed E-state index contributed by atoms with van der Waals surface area (Å²) in [6.07, 6.45) is 1.43. The van der Waals surface area contributed by atoms with Crippen LogP contribution in [0, 0.1) is 11.6 Å². The van der Waals surface area contributed by atoms with Gasteiger partial charge in [-0.15, -0.1) is 0 Å². The van der Waals surface area contributed by atoms with E-state index in [1.54, 1.807) is 42.0 Å². The van der Waals surface area contributed by atoms with Crippen molar-refractivity contribution in [2.75, 3.05) is 38.2 Å². The third-order valence-electron chi connectivity index (χ3n) is 6.57. The maximum absolute atomic E-state index is 15.3. The van der Waals surface area contributed by atoms with Crippen LogP contribution in [0.4, 0.5) is 14.5 Å². The number of rotatable bonds is 6. The number of nitrogens with one attached hydrogen (secondary N) is 2. The summed E-state index contributed by atoms with van der Waals surface area (Å²) in [4.78, 5) is 28.5. The number of amides is 1. The van der Waals surface area contributed by atoms with E-state index in [0.29, 0.717) is 40.8 Å². The van der Waals surface area contributed by atoms with E-state index >= 15 is 4.39 Å². The minimum Gasteiger partial charge on any atom is -0.497 e. The predicted octanol–water partition coefficient (Wildman–Crippen LogP) is 4.27. The molecule has 2 N–H and O–H groups in total. The van der Waals surface area contributed by atoms with Gasteiger partial charge >= 0.3 is 0 Å². The van der Waals surface area contributed by atoms with Crippen molar-refractivity contribution in [1.82, 2.24) is 15.2 Å². The Labute approximate surface area is 222 Å². The molecule has 1 saturated heterocycles. The Hall–Kier alpha value is -3.95.